The van der Waals surface area contributed by atoms with Gasteiger partial charge in [0.15, 0.2) is 0 Å². The maximum Gasteiger partial charge on any atom is 0.234 e. The number of hydrogen-bond acceptors (Lipinski definition) is 3. The van der Waals surface area contributed by atoms with Crippen LogP contribution in [0.25, 0.3) is 0 Å². The quantitative estimate of drug-likeness (QED) is 0.589. The summed E-state index contributed by atoms with van der Waals surface area (Å²) in [6.45, 7) is 3.65. The zero-order valence-electron chi connectivity index (χ0n) is 10.0. The molecule has 0 spiro atoms. The van der Waals surface area contributed by atoms with Crippen molar-refractivity contribution in [2.75, 3.05) is 4.90 Å². The van der Waals surface area contributed by atoms with E-state index in [1.165, 1.54) is 11.1 Å². The standard InChI is InChI=1S/C12H12Cl2N2O2/c1-12(2)5-7(17)3-11(18)16(12)9-4-10(14)15-6-8(9)13/h4,6H,3,5H2,1-2H3. The van der Waals surface area contributed by atoms with Crippen molar-refractivity contribution >= 4 is 40.6 Å². The zero-order valence-corrected chi connectivity index (χ0v) is 11.5. The lowest BCUT2D eigenvalue weighted by Crippen LogP contribution is -2.54. The van der Waals surface area contributed by atoms with Crippen LogP contribution in [0.15, 0.2) is 12.3 Å². The van der Waals surface area contributed by atoms with E-state index in [2.05, 4.69) is 4.98 Å². The summed E-state index contributed by atoms with van der Waals surface area (Å²) in [5.41, 5.74) is -0.111. The normalized spacial score (nSPS) is 19.2. The second-order valence-corrected chi connectivity index (χ2v) is 5.69. The van der Waals surface area contributed by atoms with E-state index in [-0.39, 0.29) is 23.3 Å². The van der Waals surface area contributed by atoms with Gasteiger partial charge >= 0.3 is 0 Å². The second-order valence-electron chi connectivity index (χ2n) is 4.89. The summed E-state index contributed by atoms with van der Waals surface area (Å²) in [6, 6.07) is 1.54. The molecule has 96 valence electrons. The Kier molecular flexibility index (Phi) is 3.34. The number of anilines is 1. The van der Waals surface area contributed by atoms with Gasteiger partial charge in [0, 0.05) is 24.2 Å². The minimum absolute atomic E-state index is 0.0578. The Morgan fingerprint density at radius 3 is 2.61 bits per heavy atom. The van der Waals surface area contributed by atoms with Gasteiger partial charge in [-0.05, 0) is 13.8 Å². The highest BCUT2D eigenvalue weighted by Crippen LogP contribution is 2.36. The number of ketones is 1. The number of nitrogens with zero attached hydrogens (tertiary/aromatic N) is 2. The van der Waals surface area contributed by atoms with Gasteiger partial charge in [0.2, 0.25) is 5.91 Å². The highest BCUT2D eigenvalue weighted by molar-refractivity contribution is 6.35. The predicted octanol–water partition coefficient (Wildman–Crippen LogP) is 2.86. The summed E-state index contributed by atoms with van der Waals surface area (Å²) in [6.07, 6.45) is 1.60. The van der Waals surface area contributed by atoms with Crippen molar-refractivity contribution in [3.63, 3.8) is 0 Å². The molecule has 0 aliphatic carbocycles. The number of carbonyl (C=O) groups is 2. The Hall–Kier alpha value is -1.13. The van der Waals surface area contributed by atoms with Crippen LogP contribution >= 0.6 is 23.2 Å². The predicted molar refractivity (Wildman–Crippen MR) is 70.1 cm³/mol. The van der Waals surface area contributed by atoms with Crippen LogP contribution in [0.2, 0.25) is 10.2 Å². The Morgan fingerprint density at radius 2 is 2.00 bits per heavy atom. The van der Waals surface area contributed by atoms with E-state index in [0.29, 0.717) is 17.1 Å². The summed E-state index contributed by atoms with van der Waals surface area (Å²) in [4.78, 5) is 28.9. The van der Waals surface area contributed by atoms with Crippen molar-refractivity contribution in [2.24, 2.45) is 0 Å². The lowest BCUT2D eigenvalue weighted by atomic mass is 9.88. The van der Waals surface area contributed by atoms with Gasteiger partial charge in [-0.2, -0.15) is 0 Å². The minimum Gasteiger partial charge on any atom is -0.304 e. The molecule has 1 aromatic rings. The van der Waals surface area contributed by atoms with Crippen molar-refractivity contribution in [2.45, 2.75) is 32.2 Å². The second kappa shape index (κ2) is 4.52. The van der Waals surface area contributed by atoms with Crippen LogP contribution in [0.1, 0.15) is 26.7 Å². The van der Waals surface area contributed by atoms with Gasteiger partial charge in [-0.1, -0.05) is 23.2 Å². The molecular weight excluding hydrogens is 275 g/mol. The third-order valence-corrected chi connectivity index (χ3v) is 3.37. The average molecular weight is 287 g/mol. The van der Waals surface area contributed by atoms with Crippen molar-refractivity contribution in [1.29, 1.82) is 0 Å². The number of piperidine rings is 1. The van der Waals surface area contributed by atoms with E-state index in [0.717, 1.165) is 0 Å². The van der Waals surface area contributed by atoms with Crippen LogP contribution in [-0.2, 0) is 9.59 Å². The number of amides is 1. The first-order valence-electron chi connectivity index (χ1n) is 5.47. The molecule has 0 unspecified atom stereocenters. The van der Waals surface area contributed by atoms with Gasteiger partial charge in [-0.15, -0.1) is 0 Å². The van der Waals surface area contributed by atoms with E-state index < -0.39 is 5.54 Å². The smallest absolute Gasteiger partial charge is 0.234 e. The highest BCUT2D eigenvalue weighted by Gasteiger charge is 2.40. The number of pyridine rings is 1. The molecule has 1 amide bonds. The van der Waals surface area contributed by atoms with E-state index in [9.17, 15) is 9.59 Å². The van der Waals surface area contributed by atoms with Crippen molar-refractivity contribution in [3.8, 4) is 0 Å². The fourth-order valence-corrected chi connectivity index (χ4v) is 2.58. The fourth-order valence-electron chi connectivity index (χ4n) is 2.24. The highest BCUT2D eigenvalue weighted by atomic mass is 35.5. The molecule has 0 saturated carbocycles. The zero-order chi connectivity index (χ0) is 13.5. The number of carbonyl (C=O) groups excluding carboxylic acids is 2. The molecular formula is C12H12Cl2N2O2. The number of aromatic nitrogens is 1. The maximum absolute atomic E-state index is 12.1. The molecule has 1 saturated heterocycles. The molecule has 1 aliphatic rings. The average Bonchev–Trinajstić information content (AvgIpc) is 2.20. The topological polar surface area (TPSA) is 50.3 Å². The molecule has 0 N–H and O–H groups in total. The first-order valence-corrected chi connectivity index (χ1v) is 6.23. The molecule has 6 heteroatoms. The van der Waals surface area contributed by atoms with Crippen LogP contribution in [0, 0.1) is 0 Å². The number of hydrogen-bond donors (Lipinski definition) is 0. The summed E-state index contributed by atoms with van der Waals surface area (Å²) in [5.74, 6) is -0.321. The molecule has 1 fully saturated rings. The molecule has 0 radical (unpaired) electrons. The summed E-state index contributed by atoms with van der Waals surface area (Å²) in [5, 5.41) is 0.602. The third-order valence-electron chi connectivity index (χ3n) is 2.88. The van der Waals surface area contributed by atoms with Crippen molar-refractivity contribution < 1.29 is 9.59 Å². The first-order chi connectivity index (χ1) is 8.31. The molecule has 2 rings (SSSR count). The summed E-state index contributed by atoms with van der Waals surface area (Å²) >= 11 is 11.9. The van der Waals surface area contributed by atoms with Gasteiger partial charge in [0.05, 0.1) is 17.1 Å². The Labute approximate surface area is 115 Å². The number of rotatable bonds is 1. The van der Waals surface area contributed by atoms with Crippen LogP contribution in [0.3, 0.4) is 0 Å². The van der Waals surface area contributed by atoms with Crippen LogP contribution in [0.5, 0.6) is 0 Å². The van der Waals surface area contributed by atoms with Gasteiger partial charge in [-0.25, -0.2) is 4.98 Å². The van der Waals surface area contributed by atoms with E-state index in [1.54, 1.807) is 6.07 Å². The SMILES string of the molecule is CC1(C)CC(=O)CC(=O)N1c1cc(Cl)ncc1Cl. The lowest BCUT2D eigenvalue weighted by Gasteiger charge is -2.41. The molecule has 2 heterocycles. The Bertz CT molecular complexity index is 529. The molecule has 18 heavy (non-hydrogen) atoms. The molecule has 0 atom stereocenters. The lowest BCUT2D eigenvalue weighted by molar-refractivity contribution is -0.131. The monoisotopic (exact) mass is 286 g/mol. The number of halogens is 2. The third kappa shape index (κ3) is 2.35. The summed E-state index contributed by atoms with van der Waals surface area (Å²) in [7, 11) is 0. The molecule has 0 aromatic carbocycles. The van der Waals surface area contributed by atoms with E-state index in [4.69, 9.17) is 23.2 Å². The Morgan fingerprint density at radius 1 is 1.33 bits per heavy atom. The largest absolute Gasteiger partial charge is 0.304 e. The van der Waals surface area contributed by atoms with Gasteiger partial charge in [0.1, 0.15) is 10.9 Å². The summed E-state index contributed by atoms with van der Waals surface area (Å²) < 4.78 is 0. The molecule has 0 bridgehead atoms. The van der Waals surface area contributed by atoms with Gasteiger partial charge in [0.25, 0.3) is 0 Å². The fraction of sp³-hybridized carbons (Fsp3) is 0.417. The van der Waals surface area contributed by atoms with Crippen LogP contribution in [-0.4, -0.2) is 22.2 Å². The molecule has 1 aliphatic heterocycles. The van der Waals surface area contributed by atoms with E-state index >= 15 is 0 Å². The molecule has 4 nitrogen and oxygen atoms in total. The van der Waals surface area contributed by atoms with Crippen LogP contribution < -0.4 is 4.90 Å². The first kappa shape index (κ1) is 13.3. The maximum atomic E-state index is 12.1. The van der Waals surface area contributed by atoms with Crippen LogP contribution in [0.4, 0.5) is 5.69 Å². The van der Waals surface area contributed by atoms with Crippen molar-refractivity contribution in [1.82, 2.24) is 4.98 Å². The van der Waals surface area contributed by atoms with Gasteiger partial charge in [-0.3, -0.25) is 9.59 Å². The van der Waals surface area contributed by atoms with Gasteiger partial charge < -0.3 is 4.90 Å². The number of Topliss-reactive ketones (excluding diaryl/α,β-unsaturated/α-hetero) is 1. The van der Waals surface area contributed by atoms with E-state index in [1.807, 2.05) is 13.8 Å². The molecule has 1 aromatic heterocycles. The van der Waals surface area contributed by atoms with Crippen molar-refractivity contribution in [3.05, 3.63) is 22.4 Å². The Balaban J connectivity index is 2.51. The minimum atomic E-state index is -0.610.